The van der Waals surface area contributed by atoms with Gasteiger partial charge in [0, 0.05) is 27.9 Å². The second-order valence-electron chi connectivity index (χ2n) is 7.54. The third kappa shape index (κ3) is 5.91. The van der Waals surface area contributed by atoms with Gasteiger partial charge in [0.05, 0.1) is 16.4 Å². The van der Waals surface area contributed by atoms with Crippen LogP contribution >= 0.6 is 23.4 Å². The molecule has 1 heterocycles. The second kappa shape index (κ2) is 11.1. The zero-order chi connectivity index (χ0) is 25.7. The van der Waals surface area contributed by atoms with E-state index in [0.717, 1.165) is 4.90 Å². The molecule has 1 aliphatic rings. The minimum absolute atomic E-state index is 0.0967. The number of nitro benzene ring substituents is 1. The number of carbonyl (C=O) groups is 3. The predicted octanol–water partition coefficient (Wildman–Crippen LogP) is 5.50. The number of nitro groups is 1. The van der Waals surface area contributed by atoms with Crippen LogP contribution in [-0.4, -0.2) is 33.5 Å². The number of hydrogen-bond donors (Lipinski definition) is 1. The Labute approximate surface area is 214 Å². The Balaban J connectivity index is 1.51. The highest BCUT2D eigenvalue weighted by Crippen LogP contribution is 2.36. The summed E-state index contributed by atoms with van der Waals surface area (Å²) < 4.78 is 5.65. The van der Waals surface area contributed by atoms with E-state index in [1.165, 1.54) is 24.3 Å². The van der Waals surface area contributed by atoms with Gasteiger partial charge in [-0.2, -0.15) is 0 Å². The zero-order valence-corrected chi connectivity index (χ0v) is 20.1. The van der Waals surface area contributed by atoms with Gasteiger partial charge >= 0.3 is 0 Å². The van der Waals surface area contributed by atoms with E-state index < -0.39 is 16.1 Å². The Morgan fingerprint density at radius 2 is 1.81 bits per heavy atom. The summed E-state index contributed by atoms with van der Waals surface area (Å²) >= 11 is 6.83. The van der Waals surface area contributed by atoms with E-state index in [1.54, 1.807) is 48.5 Å². The fraction of sp³-hybridized carbons (Fsp3) is 0.0800. The van der Waals surface area contributed by atoms with Crippen LogP contribution in [0.3, 0.4) is 0 Å². The number of thioether (sulfide) groups is 1. The third-order valence-electron chi connectivity index (χ3n) is 5.07. The Kier molecular flexibility index (Phi) is 7.67. The first-order chi connectivity index (χ1) is 17.3. The lowest BCUT2D eigenvalue weighted by Crippen LogP contribution is -2.27. The number of nitrogens with zero attached hydrogens (tertiary/aromatic N) is 2. The number of halogens is 1. The highest BCUT2D eigenvalue weighted by molar-refractivity contribution is 8.18. The smallest absolute Gasteiger partial charge is 0.293 e. The minimum atomic E-state index is -0.601. The summed E-state index contributed by atoms with van der Waals surface area (Å²) in [5.41, 5.74) is 1.07. The van der Waals surface area contributed by atoms with Crippen molar-refractivity contribution in [2.24, 2.45) is 0 Å². The zero-order valence-electron chi connectivity index (χ0n) is 18.5. The molecule has 3 aromatic rings. The molecule has 4 rings (SSSR count). The number of ether oxygens (including phenoxy) is 1. The third-order valence-corrected chi connectivity index (χ3v) is 6.21. The van der Waals surface area contributed by atoms with Crippen molar-refractivity contribution in [3.8, 4) is 5.75 Å². The number of amides is 3. The predicted molar refractivity (Wildman–Crippen MR) is 137 cm³/mol. The molecule has 1 aliphatic heterocycles. The summed E-state index contributed by atoms with van der Waals surface area (Å²) in [6.07, 6.45) is 1.45. The van der Waals surface area contributed by atoms with Crippen LogP contribution in [0.5, 0.6) is 5.75 Å². The molecule has 0 spiro atoms. The van der Waals surface area contributed by atoms with Crippen LogP contribution in [0.1, 0.15) is 11.1 Å². The minimum Gasteiger partial charge on any atom is -0.483 e. The molecule has 0 radical (unpaired) electrons. The normalized spacial score (nSPS) is 14.2. The van der Waals surface area contributed by atoms with E-state index >= 15 is 0 Å². The Morgan fingerprint density at radius 3 is 2.56 bits per heavy atom. The average molecular weight is 524 g/mol. The molecule has 3 amide bonds. The maximum absolute atomic E-state index is 13.0. The molecule has 1 N–H and O–H groups in total. The summed E-state index contributed by atoms with van der Waals surface area (Å²) in [5.74, 6) is -0.698. The van der Waals surface area contributed by atoms with Gasteiger partial charge < -0.3 is 10.1 Å². The highest BCUT2D eigenvalue weighted by Gasteiger charge is 2.36. The molecular formula is C25H18ClN3O6S. The molecule has 3 aromatic carbocycles. The SMILES string of the molecule is O=C(COc1ccc(Cl)cc1/C=C1\SC(=O)N(Cc2ccccc2[N+](=O)[O-])C1=O)Nc1ccccc1. The maximum atomic E-state index is 13.0. The van der Waals surface area contributed by atoms with Crippen LogP contribution in [0.15, 0.2) is 77.7 Å². The number of para-hydroxylation sites is 2. The summed E-state index contributed by atoms with van der Waals surface area (Å²) in [6.45, 7) is -0.533. The molecule has 0 atom stereocenters. The summed E-state index contributed by atoms with van der Waals surface area (Å²) in [5, 5.41) is 13.8. The molecule has 36 heavy (non-hydrogen) atoms. The van der Waals surface area contributed by atoms with Crippen molar-refractivity contribution in [2.45, 2.75) is 6.54 Å². The van der Waals surface area contributed by atoms with Crippen molar-refractivity contribution in [1.29, 1.82) is 0 Å². The first-order valence-corrected chi connectivity index (χ1v) is 11.8. The molecule has 182 valence electrons. The number of anilines is 1. The number of nitrogens with one attached hydrogen (secondary N) is 1. The molecule has 0 bridgehead atoms. The van der Waals surface area contributed by atoms with Crippen LogP contribution in [0.2, 0.25) is 5.02 Å². The first kappa shape index (κ1) is 25.0. The van der Waals surface area contributed by atoms with Crippen molar-refractivity contribution in [2.75, 3.05) is 11.9 Å². The Morgan fingerprint density at radius 1 is 1.08 bits per heavy atom. The summed E-state index contributed by atoms with van der Waals surface area (Å²) in [7, 11) is 0. The van der Waals surface area contributed by atoms with Gasteiger partial charge in [-0.25, -0.2) is 0 Å². The molecule has 9 nitrogen and oxygen atoms in total. The van der Waals surface area contributed by atoms with E-state index in [9.17, 15) is 24.5 Å². The van der Waals surface area contributed by atoms with Crippen molar-refractivity contribution < 1.29 is 24.0 Å². The molecule has 0 aromatic heterocycles. The van der Waals surface area contributed by atoms with Gasteiger partial charge in [0.1, 0.15) is 5.75 Å². The molecular weight excluding hydrogens is 506 g/mol. The molecule has 0 unspecified atom stereocenters. The Bertz CT molecular complexity index is 1380. The lowest BCUT2D eigenvalue weighted by atomic mass is 10.1. The van der Waals surface area contributed by atoms with Crippen molar-refractivity contribution >= 4 is 57.9 Å². The summed E-state index contributed by atoms with van der Waals surface area (Å²) in [6, 6.07) is 19.5. The fourth-order valence-electron chi connectivity index (χ4n) is 3.40. The van der Waals surface area contributed by atoms with Crippen LogP contribution < -0.4 is 10.1 Å². The van der Waals surface area contributed by atoms with Crippen LogP contribution in [0.25, 0.3) is 6.08 Å². The Hall–Kier alpha value is -4.15. The second-order valence-corrected chi connectivity index (χ2v) is 8.97. The quantitative estimate of drug-likeness (QED) is 0.235. The maximum Gasteiger partial charge on any atom is 0.293 e. The lowest BCUT2D eigenvalue weighted by molar-refractivity contribution is -0.385. The highest BCUT2D eigenvalue weighted by atomic mass is 35.5. The van der Waals surface area contributed by atoms with Crippen molar-refractivity contribution in [3.63, 3.8) is 0 Å². The van der Waals surface area contributed by atoms with E-state index in [0.29, 0.717) is 28.0 Å². The topological polar surface area (TPSA) is 119 Å². The van der Waals surface area contributed by atoms with Gasteiger partial charge in [-0.15, -0.1) is 0 Å². The van der Waals surface area contributed by atoms with Gasteiger partial charge in [0.15, 0.2) is 6.61 Å². The largest absolute Gasteiger partial charge is 0.483 e. The molecule has 0 saturated carbocycles. The monoisotopic (exact) mass is 523 g/mol. The van der Waals surface area contributed by atoms with Gasteiger partial charge in [-0.05, 0) is 48.2 Å². The number of rotatable bonds is 8. The van der Waals surface area contributed by atoms with E-state index in [2.05, 4.69) is 5.32 Å². The van der Waals surface area contributed by atoms with Gasteiger partial charge in [0.2, 0.25) is 0 Å². The van der Waals surface area contributed by atoms with Crippen molar-refractivity contribution in [3.05, 3.63) is 104 Å². The van der Waals surface area contributed by atoms with Crippen molar-refractivity contribution in [1.82, 2.24) is 4.90 Å². The number of benzene rings is 3. The summed E-state index contributed by atoms with van der Waals surface area (Å²) in [4.78, 5) is 49.6. The van der Waals surface area contributed by atoms with Gasteiger partial charge in [0.25, 0.3) is 22.7 Å². The number of imide groups is 1. The fourth-order valence-corrected chi connectivity index (χ4v) is 4.41. The average Bonchev–Trinajstić information content (AvgIpc) is 3.11. The molecule has 1 saturated heterocycles. The molecule has 11 heteroatoms. The lowest BCUT2D eigenvalue weighted by Gasteiger charge is -2.13. The molecule has 1 fully saturated rings. The number of carbonyl (C=O) groups excluding carboxylic acids is 3. The van der Waals surface area contributed by atoms with Crippen LogP contribution in [0, 0.1) is 10.1 Å². The van der Waals surface area contributed by atoms with Gasteiger partial charge in [-0.1, -0.05) is 48.0 Å². The van der Waals surface area contributed by atoms with E-state index in [-0.39, 0.29) is 41.0 Å². The van der Waals surface area contributed by atoms with Crippen LogP contribution in [0.4, 0.5) is 16.2 Å². The number of hydrogen-bond acceptors (Lipinski definition) is 7. The molecule has 0 aliphatic carbocycles. The van der Waals surface area contributed by atoms with Crippen LogP contribution in [-0.2, 0) is 16.1 Å². The van der Waals surface area contributed by atoms with E-state index in [4.69, 9.17) is 16.3 Å². The van der Waals surface area contributed by atoms with E-state index in [1.807, 2.05) is 6.07 Å². The first-order valence-electron chi connectivity index (χ1n) is 10.6. The van der Waals surface area contributed by atoms with Gasteiger partial charge in [-0.3, -0.25) is 29.4 Å². The standard InChI is InChI=1S/C25H18ClN3O6S/c26-18-10-11-21(35-15-23(30)27-19-7-2-1-3-8-19)17(12-18)13-22-24(31)28(25(32)36-22)14-16-6-4-5-9-20(16)29(33)34/h1-13H,14-15H2,(H,27,30)/b22-13-.